The molecule has 0 amide bonds. The van der Waals surface area contributed by atoms with Crippen LogP contribution in [0.25, 0.3) is 33.4 Å². The zero-order valence-electron chi connectivity index (χ0n) is 22.5. The number of aromatic nitrogens is 1. The smallest absolute Gasteiger partial charge is 0.156 e. The third-order valence-corrected chi connectivity index (χ3v) is 7.28. The molecule has 5 heteroatoms. The second kappa shape index (κ2) is 11.7. The van der Waals surface area contributed by atoms with Gasteiger partial charge in [-0.15, -0.1) is 5.10 Å². The lowest BCUT2D eigenvalue weighted by atomic mass is 9.88. The van der Waals surface area contributed by atoms with E-state index >= 15 is 0 Å². The maximum atomic E-state index is 11.1. The molecule has 5 rings (SSSR count). The van der Waals surface area contributed by atoms with E-state index in [1.54, 1.807) is 0 Å². The molecule has 0 N–H and O–H groups in total. The fourth-order valence-corrected chi connectivity index (χ4v) is 5.10. The summed E-state index contributed by atoms with van der Waals surface area (Å²) in [6, 6.07) is 32.0. The van der Waals surface area contributed by atoms with Gasteiger partial charge in [0.05, 0.1) is 0 Å². The van der Waals surface area contributed by atoms with Gasteiger partial charge in [-0.05, 0) is 76.1 Å². The van der Waals surface area contributed by atoms with E-state index in [-0.39, 0.29) is 0 Å². The molecule has 40 heavy (non-hydrogen) atoms. The lowest BCUT2D eigenvalue weighted by molar-refractivity contribution is 0.111. The van der Waals surface area contributed by atoms with Crippen molar-refractivity contribution in [1.29, 1.82) is 0 Å². The van der Waals surface area contributed by atoms with Crippen LogP contribution in [-0.2, 0) is 6.54 Å². The van der Waals surface area contributed by atoms with Gasteiger partial charge in [0.25, 0.3) is 0 Å². The standard InChI is InChI=1S/C35H29N3O2/c1-24-31(29-16-14-28(23-40)15-17-29)6-4-8-33(24)34-9-5-7-32(25(34)2)30-18-19-38(35(20-30)37-36-3)21-26-10-12-27(22-39)13-11-26/h4-20,22-23H,3,21H2,1-2H3/b37-35-. The van der Waals surface area contributed by atoms with Crippen LogP contribution in [0.4, 0.5) is 0 Å². The van der Waals surface area contributed by atoms with Crippen molar-refractivity contribution in [2.75, 3.05) is 0 Å². The zero-order chi connectivity index (χ0) is 28.1. The lowest BCUT2D eigenvalue weighted by Crippen LogP contribution is -2.20. The van der Waals surface area contributed by atoms with E-state index in [0.717, 1.165) is 46.0 Å². The molecule has 196 valence electrons. The van der Waals surface area contributed by atoms with E-state index in [9.17, 15) is 9.59 Å². The number of aldehydes is 2. The Morgan fingerprint density at radius 1 is 0.675 bits per heavy atom. The van der Waals surface area contributed by atoms with Crippen LogP contribution in [0.1, 0.15) is 37.4 Å². The number of benzene rings is 4. The molecule has 0 saturated carbocycles. The van der Waals surface area contributed by atoms with Crippen molar-refractivity contribution >= 4 is 19.3 Å². The second-order valence-electron chi connectivity index (χ2n) is 9.70. The summed E-state index contributed by atoms with van der Waals surface area (Å²) in [4.78, 5) is 22.1. The number of carbonyl (C=O) groups excluding carboxylic acids is 2. The van der Waals surface area contributed by atoms with Crippen LogP contribution in [0.2, 0.25) is 0 Å². The number of carbonyl (C=O) groups is 2. The Kier molecular flexibility index (Phi) is 7.74. The van der Waals surface area contributed by atoms with Gasteiger partial charge in [-0.1, -0.05) is 84.9 Å². The minimum atomic E-state index is 0.590. The van der Waals surface area contributed by atoms with Gasteiger partial charge in [0, 0.05) is 30.6 Å². The topological polar surface area (TPSA) is 63.8 Å². The molecule has 0 bridgehead atoms. The molecule has 5 aromatic rings. The number of nitrogens with zero attached hydrogens (tertiary/aromatic N) is 3. The van der Waals surface area contributed by atoms with E-state index in [4.69, 9.17) is 0 Å². The molecule has 0 fully saturated rings. The van der Waals surface area contributed by atoms with Crippen LogP contribution in [0.5, 0.6) is 0 Å². The fraction of sp³-hybridized carbons (Fsp3) is 0.0857. The average Bonchev–Trinajstić information content (AvgIpc) is 2.99. The normalized spacial score (nSPS) is 11.3. The highest BCUT2D eigenvalue weighted by molar-refractivity contribution is 5.84. The molecular weight excluding hydrogens is 494 g/mol. The van der Waals surface area contributed by atoms with Crippen LogP contribution in [0, 0.1) is 13.8 Å². The molecule has 0 atom stereocenters. The van der Waals surface area contributed by atoms with Crippen LogP contribution in [0.3, 0.4) is 0 Å². The molecule has 0 radical (unpaired) electrons. The van der Waals surface area contributed by atoms with Gasteiger partial charge in [0.1, 0.15) is 12.6 Å². The summed E-state index contributed by atoms with van der Waals surface area (Å²) in [6.07, 6.45) is 3.71. The number of rotatable bonds is 8. The van der Waals surface area contributed by atoms with Gasteiger partial charge >= 0.3 is 0 Å². The molecule has 0 unspecified atom stereocenters. The third kappa shape index (κ3) is 5.36. The summed E-state index contributed by atoms with van der Waals surface area (Å²) in [7, 11) is 0. The second-order valence-corrected chi connectivity index (χ2v) is 9.70. The predicted octanol–water partition coefficient (Wildman–Crippen LogP) is 7.30. The third-order valence-electron chi connectivity index (χ3n) is 7.28. The minimum Gasteiger partial charge on any atom is -0.327 e. The molecule has 5 nitrogen and oxygen atoms in total. The van der Waals surface area contributed by atoms with Gasteiger partial charge in [-0.2, -0.15) is 5.10 Å². The molecule has 1 aromatic heterocycles. The van der Waals surface area contributed by atoms with Crippen molar-refractivity contribution in [2.45, 2.75) is 20.4 Å². The van der Waals surface area contributed by atoms with Crippen LogP contribution in [0.15, 0.2) is 113 Å². The SMILES string of the molecule is C=N/N=c1/cc(-c2cccc(-c3cccc(-c4ccc(C=O)cc4)c3C)c2C)ccn1Cc1ccc(C=O)cc1. The largest absolute Gasteiger partial charge is 0.327 e. The first-order chi connectivity index (χ1) is 19.5. The van der Waals surface area contributed by atoms with Crippen molar-refractivity contribution in [3.63, 3.8) is 0 Å². The summed E-state index contributed by atoms with van der Waals surface area (Å²) in [5.41, 5.74) is 12.1. The summed E-state index contributed by atoms with van der Waals surface area (Å²) in [5.74, 6) is 0. The lowest BCUT2D eigenvalue weighted by Gasteiger charge is -2.17. The zero-order valence-corrected chi connectivity index (χ0v) is 22.5. The van der Waals surface area contributed by atoms with E-state index < -0.39 is 0 Å². The molecular formula is C35H29N3O2. The van der Waals surface area contributed by atoms with Crippen LogP contribution >= 0.6 is 0 Å². The summed E-state index contributed by atoms with van der Waals surface area (Å²) in [6.45, 7) is 8.45. The van der Waals surface area contributed by atoms with Gasteiger partial charge in [0.15, 0.2) is 5.49 Å². The fourth-order valence-electron chi connectivity index (χ4n) is 5.10. The number of hydrogen-bond acceptors (Lipinski definition) is 4. The Bertz CT molecular complexity index is 1780. The van der Waals surface area contributed by atoms with E-state index in [1.165, 1.54) is 16.7 Å². The highest BCUT2D eigenvalue weighted by Gasteiger charge is 2.13. The highest BCUT2D eigenvalue weighted by Crippen LogP contribution is 2.36. The van der Waals surface area contributed by atoms with Gasteiger partial charge < -0.3 is 4.57 Å². The van der Waals surface area contributed by atoms with Crippen LogP contribution in [-0.4, -0.2) is 23.9 Å². The first-order valence-electron chi connectivity index (χ1n) is 13.0. The number of pyridine rings is 1. The summed E-state index contributed by atoms with van der Waals surface area (Å²) in [5, 5.41) is 8.11. The monoisotopic (exact) mass is 523 g/mol. The Morgan fingerprint density at radius 3 is 1.75 bits per heavy atom. The Labute approximate surface area is 233 Å². The maximum Gasteiger partial charge on any atom is 0.156 e. The average molecular weight is 524 g/mol. The van der Waals surface area contributed by atoms with Gasteiger partial charge in [0.2, 0.25) is 0 Å². The molecule has 0 aliphatic rings. The molecule has 4 aromatic carbocycles. The summed E-state index contributed by atoms with van der Waals surface area (Å²) < 4.78 is 2.01. The van der Waals surface area contributed by atoms with E-state index in [1.807, 2.05) is 65.4 Å². The first kappa shape index (κ1) is 26.4. The van der Waals surface area contributed by atoms with Crippen molar-refractivity contribution in [2.24, 2.45) is 10.2 Å². The predicted molar refractivity (Wildman–Crippen MR) is 162 cm³/mol. The van der Waals surface area contributed by atoms with E-state index in [2.05, 4.69) is 73.2 Å². The first-order valence-corrected chi connectivity index (χ1v) is 13.0. The van der Waals surface area contributed by atoms with Crippen molar-refractivity contribution in [1.82, 2.24) is 4.57 Å². The molecule has 1 heterocycles. The summed E-state index contributed by atoms with van der Waals surface area (Å²) >= 11 is 0. The highest BCUT2D eigenvalue weighted by atomic mass is 16.1. The molecule has 0 aliphatic heterocycles. The van der Waals surface area contributed by atoms with Crippen LogP contribution < -0.4 is 5.49 Å². The van der Waals surface area contributed by atoms with Crippen molar-refractivity contribution < 1.29 is 9.59 Å². The quantitative estimate of drug-likeness (QED) is 0.122. The Balaban J connectivity index is 1.53. The molecule has 0 spiro atoms. The maximum absolute atomic E-state index is 11.1. The Morgan fingerprint density at radius 2 is 1.20 bits per heavy atom. The molecule has 0 saturated heterocycles. The Hall–Kier alpha value is -5.16. The minimum absolute atomic E-state index is 0.590. The van der Waals surface area contributed by atoms with Gasteiger partial charge in [-0.25, -0.2) is 0 Å². The van der Waals surface area contributed by atoms with Gasteiger partial charge in [-0.3, -0.25) is 9.59 Å². The van der Waals surface area contributed by atoms with Crippen molar-refractivity contribution in [3.8, 4) is 33.4 Å². The van der Waals surface area contributed by atoms with E-state index in [0.29, 0.717) is 23.2 Å². The van der Waals surface area contributed by atoms with Crippen molar-refractivity contribution in [3.05, 3.63) is 137 Å². The number of hydrogen-bond donors (Lipinski definition) is 0. The molecule has 0 aliphatic carbocycles.